The summed E-state index contributed by atoms with van der Waals surface area (Å²) in [5, 5.41) is 4.14. The number of piperazine rings is 1. The molecule has 0 atom stereocenters. The Bertz CT molecular complexity index is 885. The number of aryl methyl sites for hydroxylation is 1. The summed E-state index contributed by atoms with van der Waals surface area (Å²) in [6.45, 7) is 5.16. The fourth-order valence-electron chi connectivity index (χ4n) is 2.82. The summed E-state index contributed by atoms with van der Waals surface area (Å²) in [6, 6.07) is 9.86. The maximum atomic E-state index is 12.6. The van der Waals surface area contributed by atoms with Gasteiger partial charge in [0, 0.05) is 37.1 Å². The number of hydrogen-bond donors (Lipinski definition) is 0. The molecule has 1 amide bonds. The summed E-state index contributed by atoms with van der Waals surface area (Å²) < 4.78 is 2.28. The van der Waals surface area contributed by atoms with Gasteiger partial charge in [0.1, 0.15) is 16.2 Å². The first-order chi connectivity index (χ1) is 12.2. The van der Waals surface area contributed by atoms with Gasteiger partial charge in [-0.05, 0) is 42.5 Å². The normalized spacial score (nSPS) is 15.6. The highest BCUT2D eigenvalue weighted by Crippen LogP contribution is 2.30. The molecule has 3 heterocycles. The first kappa shape index (κ1) is 16.5. The van der Waals surface area contributed by atoms with Crippen molar-refractivity contribution in [1.29, 1.82) is 0 Å². The monoisotopic (exact) mass is 370 g/mol. The van der Waals surface area contributed by atoms with Crippen LogP contribution in [0.1, 0.15) is 15.9 Å². The average Bonchev–Trinajstić information content (AvgIpc) is 3.12. The van der Waals surface area contributed by atoms with E-state index in [2.05, 4.69) is 20.3 Å². The zero-order valence-electron chi connectivity index (χ0n) is 13.9. The summed E-state index contributed by atoms with van der Waals surface area (Å²) in [5.74, 6) is 0.118. The summed E-state index contributed by atoms with van der Waals surface area (Å²) in [7, 11) is 0. The third kappa shape index (κ3) is 3.53. The van der Waals surface area contributed by atoms with Crippen LogP contribution in [-0.2, 0) is 0 Å². The molecule has 25 heavy (non-hydrogen) atoms. The Morgan fingerprint density at radius 2 is 1.84 bits per heavy atom. The highest BCUT2D eigenvalue weighted by molar-refractivity contribution is 7.97. The molecule has 128 valence electrons. The second-order valence-electron chi connectivity index (χ2n) is 6.00. The van der Waals surface area contributed by atoms with Gasteiger partial charge in [-0.25, -0.2) is 14.3 Å². The lowest BCUT2D eigenvalue weighted by molar-refractivity contribution is 0.0704. The molecule has 0 unspecified atom stereocenters. The van der Waals surface area contributed by atoms with Gasteiger partial charge in [-0.3, -0.25) is 4.79 Å². The Morgan fingerprint density at radius 1 is 1.08 bits per heavy atom. The van der Waals surface area contributed by atoms with Crippen molar-refractivity contribution in [3.8, 4) is 0 Å². The van der Waals surface area contributed by atoms with Crippen LogP contribution in [0.4, 0.5) is 0 Å². The van der Waals surface area contributed by atoms with E-state index in [0.29, 0.717) is 0 Å². The summed E-state index contributed by atoms with van der Waals surface area (Å²) in [5.41, 5.74) is 1.94. The highest BCUT2D eigenvalue weighted by Gasteiger charge is 2.23. The third-order valence-electron chi connectivity index (χ3n) is 4.27. The van der Waals surface area contributed by atoms with Crippen molar-refractivity contribution in [3.05, 3.63) is 53.2 Å². The molecule has 1 fully saturated rings. The standard InChI is InChI=1S/C18H18N4OS2/c1-13-2-4-14(5-3-13)18(23)21-7-9-22(10-8-21)25-17-15-6-11-24-16(15)19-12-20-17/h2-6,11-12H,7-10H2,1H3. The van der Waals surface area contributed by atoms with Gasteiger partial charge in [-0.1, -0.05) is 17.7 Å². The lowest BCUT2D eigenvalue weighted by atomic mass is 10.1. The van der Waals surface area contributed by atoms with Crippen LogP contribution in [0.5, 0.6) is 0 Å². The summed E-state index contributed by atoms with van der Waals surface area (Å²) in [4.78, 5) is 24.3. The van der Waals surface area contributed by atoms with Crippen molar-refractivity contribution >= 4 is 39.4 Å². The molecule has 7 heteroatoms. The average molecular weight is 371 g/mol. The zero-order chi connectivity index (χ0) is 17.2. The maximum absolute atomic E-state index is 12.6. The lowest BCUT2D eigenvalue weighted by Gasteiger charge is -2.33. The van der Waals surface area contributed by atoms with Gasteiger partial charge >= 0.3 is 0 Å². The van der Waals surface area contributed by atoms with Crippen LogP contribution in [0.15, 0.2) is 47.1 Å². The Kier molecular flexibility index (Phi) is 4.70. The van der Waals surface area contributed by atoms with E-state index in [1.54, 1.807) is 29.6 Å². The van der Waals surface area contributed by atoms with Crippen LogP contribution in [0.25, 0.3) is 10.2 Å². The van der Waals surface area contributed by atoms with Crippen LogP contribution in [0.3, 0.4) is 0 Å². The molecule has 0 saturated carbocycles. The molecule has 0 aliphatic carbocycles. The van der Waals surface area contributed by atoms with Crippen LogP contribution < -0.4 is 0 Å². The van der Waals surface area contributed by atoms with Crippen molar-refractivity contribution in [3.63, 3.8) is 0 Å². The molecule has 2 aromatic heterocycles. The second-order valence-corrected chi connectivity index (χ2v) is 7.98. The predicted octanol–water partition coefficient (Wildman–Crippen LogP) is 3.46. The number of amides is 1. The van der Waals surface area contributed by atoms with Gasteiger partial charge in [0.05, 0.1) is 0 Å². The van der Waals surface area contributed by atoms with E-state index in [1.807, 2.05) is 41.5 Å². The van der Waals surface area contributed by atoms with E-state index < -0.39 is 0 Å². The molecule has 1 aliphatic rings. The third-order valence-corrected chi connectivity index (χ3v) is 6.21. The molecule has 0 bridgehead atoms. The van der Waals surface area contributed by atoms with Gasteiger partial charge in [0.15, 0.2) is 0 Å². The molecule has 1 aliphatic heterocycles. The maximum Gasteiger partial charge on any atom is 0.253 e. The molecular formula is C18H18N4OS2. The number of carbonyl (C=O) groups is 1. The van der Waals surface area contributed by atoms with Crippen molar-refractivity contribution in [1.82, 2.24) is 19.2 Å². The Morgan fingerprint density at radius 3 is 2.60 bits per heavy atom. The highest BCUT2D eigenvalue weighted by atomic mass is 32.2. The van der Waals surface area contributed by atoms with E-state index in [1.165, 1.54) is 5.56 Å². The Balaban J connectivity index is 1.39. The van der Waals surface area contributed by atoms with E-state index in [-0.39, 0.29) is 5.91 Å². The Hall–Kier alpha value is -1.96. The van der Waals surface area contributed by atoms with Crippen molar-refractivity contribution in [2.75, 3.05) is 26.2 Å². The number of benzene rings is 1. The van der Waals surface area contributed by atoms with Gasteiger partial charge in [0.2, 0.25) is 0 Å². The first-order valence-corrected chi connectivity index (χ1v) is 9.83. The van der Waals surface area contributed by atoms with Crippen LogP contribution >= 0.6 is 23.3 Å². The molecule has 1 saturated heterocycles. The smallest absolute Gasteiger partial charge is 0.253 e. The number of aromatic nitrogens is 2. The van der Waals surface area contributed by atoms with E-state index >= 15 is 0 Å². The number of carbonyl (C=O) groups excluding carboxylic acids is 1. The number of hydrogen-bond acceptors (Lipinski definition) is 6. The van der Waals surface area contributed by atoms with Crippen molar-refractivity contribution in [2.24, 2.45) is 0 Å². The second kappa shape index (κ2) is 7.11. The number of fused-ring (bicyclic) bond motifs is 1. The molecule has 0 spiro atoms. The predicted molar refractivity (Wildman–Crippen MR) is 102 cm³/mol. The minimum Gasteiger partial charge on any atom is -0.336 e. The van der Waals surface area contributed by atoms with Crippen LogP contribution in [0, 0.1) is 6.92 Å². The minimum atomic E-state index is 0.118. The van der Waals surface area contributed by atoms with Crippen LogP contribution in [-0.4, -0.2) is 51.3 Å². The van der Waals surface area contributed by atoms with Crippen molar-refractivity contribution in [2.45, 2.75) is 11.9 Å². The molecule has 1 aromatic carbocycles. The van der Waals surface area contributed by atoms with Gasteiger partial charge < -0.3 is 4.90 Å². The largest absolute Gasteiger partial charge is 0.336 e. The number of thiophene rings is 1. The zero-order valence-corrected chi connectivity index (χ0v) is 15.5. The number of nitrogens with zero attached hydrogens (tertiary/aromatic N) is 4. The fourth-order valence-corrected chi connectivity index (χ4v) is 4.57. The molecule has 0 radical (unpaired) electrons. The van der Waals surface area contributed by atoms with E-state index in [9.17, 15) is 4.79 Å². The fraction of sp³-hybridized carbons (Fsp3) is 0.278. The van der Waals surface area contributed by atoms with Crippen LogP contribution in [0.2, 0.25) is 0 Å². The topological polar surface area (TPSA) is 49.3 Å². The SMILES string of the molecule is Cc1ccc(C(=O)N2CCN(Sc3ncnc4sccc34)CC2)cc1. The first-order valence-electron chi connectivity index (χ1n) is 8.18. The molecular weight excluding hydrogens is 352 g/mol. The minimum absolute atomic E-state index is 0.118. The molecule has 4 rings (SSSR count). The molecule has 0 N–H and O–H groups in total. The van der Waals surface area contributed by atoms with Gasteiger partial charge in [-0.15, -0.1) is 11.3 Å². The molecule has 3 aromatic rings. The number of rotatable bonds is 3. The lowest BCUT2D eigenvalue weighted by Crippen LogP contribution is -2.46. The van der Waals surface area contributed by atoms with E-state index in [0.717, 1.165) is 47.0 Å². The Labute approximate surface area is 154 Å². The quantitative estimate of drug-likeness (QED) is 0.522. The summed E-state index contributed by atoms with van der Waals surface area (Å²) >= 11 is 3.29. The van der Waals surface area contributed by atoms with Crippen molar-refractivity contribution < 1.29 is 4.79 Å². The van der Waals surface area contributed by atoms with Gasteiger partial charge in [-0.2, -0.15) is 0 Å². The van der Waals surface area contributed by atoms with Gasteiger partial charge in [0.25, 0.3) is 5.91 Å². The molecule has 5 nitrogen and oxygen atoms in total. The van der Waals surface area contributed by atoms with E-state index in [4.69, 9.17) is 0 Å². The summed E-state index contributed by atoms with van der Waals surface area (Å²) in [6.07, 6.45) is 1.62.